The number of methoxy groups -OCH3 is 3. The van der Waals surface area contributed by atoms with Gasteiger partial charge in [0.15, 0.2) is 11.5 Å². The van der Waals surface area contributed by atoms with Gasteiger partial charge in [-0.1, -0.05) is 0 Å². The molecule has 0 saturated carbocycles. The molecule has 0 unspecified atom stereocenters. The Morgan fingerprint density at radius 1 is 1.03 bits per heavy atom. The number of nitrogens with zero attached hydrogens (tertiary/aromatic N) is 1. The predicted octanol–water partition coefficient (Wildman–Crippen LogP) is 2.51. The van der Waals surface area contributed by atoms with Crippen LogP contribution in [0.15, 0.2) is 30.3 Å². The van der Waals surface area contributed by atoms with Gasteiger partial charge in [0, 0.05) is 11.6 Å². The molecule has 0 atom stereocenters. The lowest BCUT2D eigenvalue weighted by Crippen LogP contribution is -2.39. The van der Waals surface area contributed by atoms with Crippen molar-refractivity contribution in [1.29, 1.82) is 0 Å². The van der Waals surface area contributed by atoms with E-state index in [1.165, 1.54) is 33.5 Å². The summed E-state index contributed by atoms with van der Waals surface area (Å²) in [7, 11) is 4.11. The number of amides is 2. The lowest BCUT2D eigenvalue weighted by atomic mass is 10.1. The Labute approximate surface area is 184 Å². The second kappa shape index (κ2) is 10.4. The number of hydrogen-bond donors (Lipinski definition) is 3. The first-order valence-corrected chi connectivity index (χ1v) is 9.00. The molecule has 0 aliphatic heterocycles. The summed E-state index contributed by atoms with van der Waals surface area (Å²) in [6, 6.07) is 4.47. The van der Waals surface area contributed by atoms with Crippen LogP contribution in [0.5, 0.6) is 17.2 Å². The summed E-state index contributed by atoms with van der Waals surface area (Å²) in [5, 5.41) is 13.4. The highest BCUT2D eigenvalue weighted by atomic mass is 19.4. The van der Waals surface area contributed by atoms with Crippen LogP contribution in [0, 0.1) is 10.1 Å². The third kappa shape index (κ3) is 6.15. The molecule has 2 rings (SSSR count). The molecule has 3 N–H and O–H groups in total. The van der Waals surface area contributed by atoms with Crippen molar-refractivity contribution < 1.29 is 41.9 Å². The molecule has 0 saturated heterocycles. The first-order chi connectivity index (χ1) is 15.5. The number of hydrogen-bond acceptors (Lipinski definition) is 8. The van der Waals surface area contributed by atoms with Crippen LogP contribution in [0.25, 0.3) is 0 Å². The SMILES string of the molecule is COc1cc(C(=O)NCC(=O)NNc2ccc(C(F)(F)F)cc2[N+](=O)[O-])cc(OC)c1OC. The molecule has 33 heavy (non-hydrogen) atoms. The van der Waals surface area contributed by atoms with Crippen LogP contribution in [0.4, 0.5) is 24.5 Å². The summed E-state index contributed by atoms with van der Waals surface area (Å²) in [4.78, 5) is 34.4. The van der Waals surface area contributed by atoms with Gasteiger partial charge in [0.25, 0.3) is 17.5 Å². The van der Waals surface area contributed by atoms with E-state index in [9.17, 15) is 32.9 Å². The first kappa shape index (κ1) is 25.0. The van der Waals surface area contributed by atoms with Crippen molar-refractivity contribution in [3.63, 3.8) is 0 Å². The maximum absolute atomic E-state index is 12.8. The van der Waals surface area contributed by atoms with Crippen LogP contribution in [0.3, 0.4) is 0 Å². The monoisotopic (exact) mass is 472 g/mol. The fraction of sp³-hybridized carbons (Fsp3) is 0.263. The second-order valence-electron chi connectivity index (χ2n) is 6.26. The second-order valence-corrected chi connectivity index (χ2v) is 6.26. The van der Waals surface area contributed by atoms with Crippen molar-refractivity contribution in [2.45, 2.75) is 6.18 Å². The molecule has 0 aliphatic rings. The number of hydrazine groups is 1. The Bertz CT molecular complexity index is 1040. The average Bonchev–Trinajstić information content (AvgIpc) is 2.79. The topological polar surface area (TPSA) is 141 Å². The van der Waals surface area contributed by atoms with Crippen LogP contribution in [-0.4, -0.2) is 44.6 Å². The maximum atomic E-state index is 12.8. The lowest BCUT2D eigenvalue weighted by molar-refractivity contribution is -0.384. The molecule has 2 aromatic carbocycles. The molecule has 0 aliphatic carbocycles. The Hall–Kier alpha value is -4.23. The molecular weight excluding hydrogens is 453 g/mol. The normalized spacial score (nSPS) is 10.7. The largest absolute Gasteiger partial charge is 0.493 e. The lowest BCUT2D eigenvalue weighted by Gasteiger charge is -2.14. The number of nitrogens with one attached hydrogen (secondary N) is 3. The van der Waals surface area contributed by atoms with Gasteiger partial charge in [-0.3, -0.25) is 30.6 Å². The molecule has 178 valence electrons. The van der Waals surface area contributed by atoms with Crippen molar-refractivity contribution >= 4 is 23.2 Å². The molecule has 0 heterocycles. The van der Waals surface area contributed by atoms with Crippen LogP contribution in [0.2, 0.25) is 0 Å². The minimum atomic E-state index is -4.77. The molecule has 0 bridgehead atoms. The van der Waals surface area contributed by atoms with Gasteiger partial charge in [0.1, 0.15) is 5.69 Å². The molecule has 11 nitrogen and oxygen atoms in total. The summed E-state index contributed by atoms with van der Waals surface area (Å²) in [5.41, 5.74) is 1.83. The fourth-order valence-electron chi connectivity index (χ4n) is 2.62. The Balaban J connectivity index is 2.04. The number of benzene rings is 2. The molecule has 0 spiro atoms. The zero-order valence-electron chi connectivity index (χ0n) is 17.5. The van der Waals surface area contributed by atoms with E-state index in [4.69, 9.17) is 14.2 Å². The van der Waals surface area contributed by atoms with Crippen molar-refractivity contribution in [3.05, 3.63) is 51.6 Å². The number of rotatable bonds is 9. The van der Waals surface area contributed by atoms with Gasteiger partial charge in [-0.2, -0.15) is 13.2 Å². The van der Waals surface area contributed by atoms with Crippen LogP contribution in [0.1, 0.15) is 15.9 Å². The number of carbonyl (C=O) groups is 2. The maximum Gasteiger partial charge on any atom is 0.416 e. The molecule has 2 amide bonds. The quantitative estimate of drug-likeness (QED) is 0.374. The first-order valence-electron chi connectivity index (χ1n) is 9.00. The van der Waals surface area contributed by atoms with E-state index in [0.717, 1.165) is 6.07 Å². The highest BCUT2D eigenvalue weighted by molar-refractivity contribution is 5.97. The molecular formula is C19H19F3N4O7. The predicted molar refractivity (Wildman–Crippen MR) is 108 cm³/mol. The van der Waals surface area contributed by atoms with E-state index in [1.54, 1.807) is 0 Å². The van der Waals surface area contributed by atoms with Gasteiger partial charge < -0.3 is 19.5 Å². The standard InChI is InChI=1S/C19H19F3N4O7/c1-31-14-6-10(7-15(32-2)17(14)33-3)18(28)23-9-16(27)25-24-12-5-4-11(19(20,21)22)8-13(12)26(29)30/h4-8,24H,9H2,1-3H3,(H,23,28)(H,25,27). The van der Waals surface area contributed by atoms with Crippen LogP contribution >= 0.6 is 0 Å². The number of nitro benzene ring substituents is 1. The van der Waals surface area contributed by atoms with Crippen molar-refractivity contribution in [2.24, 2.45) is 0 Å². The van der Waals surface area contributed by atoms with Crippen molar-refractivity contribution in [2.75, 3.05) is 33.3 Å². The summed E-state index contributed by atoms with van der Waals surface area (Å²) in [5.74, 6) is -0.822. The number of carbonyl (C=O) groups excluding carboxylic acids is 2. The van der Waals surface area contributed by atoms with Gasteiger partial charge >= 0.3 is 6.18 Å². The average molecular weight is 472 g/mol. The van der Waals surface area contributed by atoms with Crippen molar-refractivity contribution in [1.82, 2.24) is 10.7 Å². The number of nitro groups is 1. The van der Waals surface area contributed by atoms with Gasteiger partial charge in [0.2, 0.25) is 5.75 Å². The summed E-state index contributed by atoms with van der Waals surface area (Å²) in [6.45, 7) is -0.559. The molecule has 14 heteroatoms. The number of ether oxygens (including phenoxy) is 3. The van der Waals surface area contributed by atoms with E-state index in [2.05, 4.69) is 16.2 Å². The summed E-state index contributed by atoms with van der Waals surface area (Å²) >= 11 is 0. The molecule has 0 radical (unpaired) electrons. The van der Waals surface area contributed by atoms with E-state index >= 15 is 0 Å². The Morgan fingerprint density at radius 2 is 1.64 bits per heavy atom. The summed E-state index contributed by atoms with van der Waals surface area (Å²) < 4.78 is 53.7. The van der Waals surface area contributed by atoms with E-state index in [1.807, 2.05) is 0 Å². The number of anilines is 1. The minimum Gasteiger partial charge on any atom is -0.493 e. The highest BCUT2D eigenvalue weighted by Gasteiger charge is 2.33. The third-order valence-electron chi connectivity index (χ3n) is 4.19. The van der Waals surface area contributed by atoms with Crippen LogP contribution in [-0.2, 0) is 11.0 Å². The van der Waals surface area contributed by atoms with E-state index < -0.39 is 40.7 Å². The van der Waals surface area contributed by atoms with Crippen LogP contribution < -0.4 is 30.4 Å². The van der Waals surface area contributed by atoms with Gasteiger partial charge in [0.05, 0.1) is 38.4 Å². The molecule has 2 aromatic rings. The fourth-order valence-corrected chi connectivity index (χ4v) is 2.62. The van der Waals surface area contributed by atoms with Gasteiger partial charge in [-0.25, -0.2) is 0 Å². The summed E-state index contributed by atoms with van der Waals surface area (Å²) in [6.07, 6.45) is -4.77. The highest BCUT2D eigenvalue weighted by Crippen LogP contribution is 2.38. The van der Waals surface area contributed by atoms with Gasteiger partial charge in [-0.05, 0) is 24.3 Å². The zero-order valence-corrected chi connectivity index (χ0v) is 17.5. The minimum absolute atomic E-state index is 0.0867. The molecule has 0 fully saturated rings. The number of halogens is 3. The van der Waals surface area contributed by atoms with Gasteiger partial charge in [-0.15, -0.1) is 0 Å². The van der Waals surface area contributed by atoms with E-state index in [-0.39, 0.29) is 28.5 Å². The Kier molecular flexibility index (Phi) is 7.88. The number of alkyl halides is 3. The molecule has 0 aromatic heterocycles. The Morgan fingerprint density at radius 3 is 2.12 bits per heavy atom. The zero-order chi connectivity index (χ0) is 24.8. The smallest absolute Gasteiger partial charge is 0.416 e. The van der Waals surface area contributed by atoms with E-state index in [0.29, 0.717) is 12.1 Å². The van der Waals surface area contributed by atoms with Crippen molar-refractivity contribution in [3.8, 4) is 17.2 Å². The third-order valence-corrected chi connectivity index (χ3v) is 4.19.